The van der Waals surface area contributed by atoms with Crippen molar-refractivity contribution in [3.8, 4) is 5.75 Å². The molecule has 1 unspecified atom stereocenters. The summed E-state index contributed by atoms with van der Waals surface area (Å²) in [4.78, 5) is 37.7. The highest BCUT2D eigenvalue weighted by Gasteiger charge is 2.31. The minimum Gasteiger partial charge on any atom is -0.497 e. The molecule has 0 fully saturated rings. The Labute approximate surface area is 198 Å². The molecular weight excluding hydrogens is 464 g/mol. The maximum atomic E-state index is 13.4. The van der Waals surface area contributed by atoms with Crippen molar-refractivity contribution in [2.75, 3.05) is 31.3 Å². The Kier molecular flexibility index (Phi) is 8.96. The molecule has 0 heterocycles. The number of sulfonamides is 1. The van der Waals surface area contributed by atoms with Crippen molar-refractivity contribution < 1.29 is 27.7 Å². The van der Waals surface area contributed by atoms with E-state index in [0.717, 1.165) is 16.6 Å². The lowest BCUT2D eigenvalue weighted by Crippen LogP contribution is -2.51. The number of anilines is 1. The molecule has 0 aliphatic rings. The second-order valence-corrected chi connectivity index (χ2v) is 9.36. The highest BCUT2D eigenvalue weighted by atomic mass is 32.2. The van der Waals surface area contributed by atoms with Gasteiger partial charge in [-0.3, -0.25) is 24.0 Å². The summed E-state index contributed by atoms with van der Waals surface area (Å²) in [6, 6.07) is 11.1. The molecule has 1 atom stereocenters. The van der Waals surface area contributed by atoms with Crippen molar-refractivity contribution in [2.24, 2.45) is 0 Å². The largest absolute Gasteiger partial charge is 0.497 e. The predicted octanol–water partition coefficient (Wildman–Crippen LogP) is 1.92. The van der Waals surface area contributed by atoms with Gasteiger partial charge in [0.1, 0.15) is 18.3 Å². The molecule has 0 spiro atoms. The van der Waals surface area contributed by atoms with Gasteiger partial charge in [0.2, 0.25) is 21.8 Å². The first-order chi connectivity index (χ1) is 16.0. The summed E-state index contributed by atoms with van der Waals surface area (Å²) in [7, 11) is -1.01. The third-order valence-electron chi connectivity index (χ3n) is 5.15. The first-order valence-electron chi connectivity index (χ1n) is 10.4. The molecule has 0 saturated carbocycles. The van der Waals surface area contributed by atoms with E-state index in [0.29, 0.717) is 11.3 Å². The molecule has 2 aromatic carbocycles. The van der Waals surface area contributed by atoms with Gasteiger partial charge in [0.05, 0.1) is 24.0 Å². The molecule has 12 heteroatoms. The molecular formula is C22H28N4O7S. The van der Waals surface area contributed by atoms with Crippen LogP contribution in [-0.2, 0) is 26.2 Å². The van der Waals surface area contributed by atoms with E-state index in [9.17, 15) is 28.1 Å². The van der Waals surface area contributed by atoms with E-state index in [1.807, 2.05) is 0 Å². The number of hydrogen-bond donors (Lipinski definition) is 1. The summed E-state index contributed by atoms with van der Waals surface area (Å²) < 4.78 is 31.0. The summed E-state index contributed by atoms with van der Waals surface area (Å²) >= 11 is 0. The van der Waals surface area contributed by atoms with Gasteiger partial charge in [-0.1, -0.05) is 25.1 Å². The van der Waals surface area contributed by atoms with E-state index in [4.69, 9.17) is 4.74 Å². The van der Waals surface area contributed by atoms with Crippen LogP contribution in [0.2, 0.25) is 0 Å². The number of ether oxygens (including phenoxy) is 1. The van der Waals surface area contributed by atoms with Gasteiger partial charge in [0.25, 0.3) is 5.69 Å². The maximum Gasteiger partial charge on any atom is 0.271 e. The van der Waals surface area contributed by atoms with Crippen LogP contribution in [0, 0.1) is 10.1 Å². The molecule has 2 amide bonds. The number of carbonyl (C=O) groups excluding carboxylic acids is 2. The first kappa shape index (κ1) is 26.6. The zero-order chi connectivity index (χ0) is 25.5. The summed E-state index contributed by atoms with van der Waals surface area (Å²) in [5.74, 6) is -0.414. The molecule has 184 valence electrons. The maximum absolute atomic E-state index is 13.4. The van der Waals surface area contributed by atoms with Gasteiger partial charge in [-0.05, 0) is 30.2 Å². The molecule has 0 radical (unpaired) electrons. The molecule has 2 aromatic rings. The number of methoxy groups -OCH3 is 1. The molecule has 0 aliphatic carbocycles. The Hall–Kier alpha value is -3.67. The van der Waals surface area contributed by atoms with Gasteiger partial charge >= 0.3 is 0 Å². The smallest absolute Gasteiger partial charge is 0.271 e. The normalized spacial score (nSPS) is 11.9. The molecule has 0 saturated heterocycles. The number of nitro benzene ring substituents is 1. The minimum absolute atomic E-state index is 0.0255. The van der Waals surface area contributed by atoms with E-state index < -0.39 is 39.3 Å². The average molecular weight is 493 g/mol. The third kappa shape index (κ3) is 6.67. The quantitative estimate of drug-likeness (QED) is 0.373. The number of benzene rings is 2. The van der Waals surface area contributed by atoms with Crippen molar-refractivity contribution in [1.29, 1.82) is 0 Å². The molecule has 0 aliphatic heterocycles. The van der Waals surface area contributed by atoms with Gasteiger partial charge in [-0.2, -0.15) is 0 Å². The number of non-ortho nitro benzene ring substituents is 1. The molecule has 1 N–H and O–H groups in total. The molecule has 0 aromatic heterocycles. The van der Waals surface area contributed by atoms with Crippen molar-refractivity contribution in [2.45, 2.75) is 25.9 Å². The van der Waals surface area contributed by atoms with E-state index in [-0.39, 0.29) is 24.3 Å². The van der Waals surface area contributed by atoms with Gasteiger partial charge in [0, 0.05) is 25.7 Å². The van der Waals surface area contributed by atoms with Crippen LogP contribution in [0.4, 0.5) is 11.4 Å². The fraction of sp³-hybridized carbons (Fsp3) is 0.364. The Bertz CT molecular complexity index is 1140. The summed E-state index contributed by atoms with van der Waals surface area (Å²) in [6.07, 6.45) is 1.19. The zero-order valence-corrected chi connectivity index (χ0v) is 20.2. The number of amides is 2. The number of carbonyl (C=O) groups is 2. The average Bonchev–Trinajstić information content (AvgIpc) is 2.81. The standard InChI is InChI=1S/C22H28N4O7S/c1-5-20(22(28)23-2)24(14-16-9-11-19(33-3)12-10-16)21(27)15-25(34(4,31)32)17-7-6-8-18(13-17)26(29)30/h6-13,20H,5,14-15H2,1-4H3,(H,23,28). The highest BCUT2D eigenvalue weighted by Crippen LogP contribution is 2.24. The van der Waals surface area contributed by atoms with Crippen LogP contribution in [0.25, 0.3) is 0 Å². The number of nitrogens with one attached hydrogen (secondary N) is 1. The number of hydrogen-bond acceptors (Lipinski definition) is 7. The lowest BCUT2D eigenvalue weighted by molar-refractivity contribution is -0.384. The molecule has 34 heavy (non-hydrogen) atoms. The highest BCUT2D eigenvalue weighted by molar-refractivity contribution is 7.92. The van der Waals surface area contributed by atoms with Crippen LogP contribution in [-0.4, -0.2) is 63.1 Å². The zero-order valence-electron chi connectivity index (χ0n) is 19.4. The van der Waals surface area contributed by atoms with Crippen molar-refractivity contribution in [1.82, 2.24) is 10.2 Å². The van der Waals surface area contributed by atoms with E-state index in [1.165, 1.54) is 37.3 Å². The van der Waals surface area contributed by atoms with Crippen molar-refractivity contribution >= 4 is 33.2 Å². The van der Waals surface area contributed by atoms with Crippen LogP contribution in [0.3, 0.4) is 0 Å². The first-order valence-corrected chi connectivity index (χ1v) is 12.2. The SMILES string of the molecule is CCC(C(=O)NC)N(Cc1ccc(OC)cc1)C(=O)CN(c1cccc([N+](=O)[O-])c1)S(C)(=O)=O. The van der Waals surface area contributed by atoms with E-state index in [2.05, 4.69) is 5.32 Å². The van der Waals surface area contributed by atoms with Crippen LogP contribution in [0.15, 0.2) is 48.5 Å². The predicted molar refractivity (Wildman–Crippen MR) is 127 cm³/mol. The van der Waals surface area contributed by atoms with Gasteiger partial charge in [-0.25, -0.2) is 8.42 Å². The van der Waals surface area contributed by atoms with E-state index >= 15 is 0 Å². The second kappa shape index (κ2) is 11.5. The third-order valence-corrected chi connectivity index (χ3v) is 6.29. The summed E-state index contributed by atoms with van der Waals surface area (Å²) in [5.41, 5.74) is 0.366. The van der Waals surface area contributed by atoms with Crippen LogP contribution in [0.1, 0.15) is 18.9 Å². The lowest BCUT2D eigenvalue weighted by atomic mass is 10.1. The summed E-state index contributed by atoms with van der Waals surface area (Å²) in [6.45, 7) is 1.15. The fourth-order valence-electron chi connectivity index (χ4n) is 3.39. The Morgan fingerprint density at radius 1 is 1.18 bits per heavy atom. The second-order valence-electron chi connectivity index (χ2n) is 7.45. The lowest BCUT2D eigenvalue weighted by Gasteiger charge is -2.32. The minimum atomic E-state index is -3.98. The van der Waals surface area contributed by atoms with Gasteiger partial charge < -0.3 is 15.0 Å². The van der Waals surface area contributed by atoms with Gasteiger partial charge in [-0.15, -0.1) is 0 Å². The summed E-state index contributed by atoms with van der Waals surface area (Å²) in [5, 5.41) is 13.7. The Morgan fingerprint density at radius 3 is 2.32 bits per heavy atom. The molecule has 0 bridgehead atoms. The van der Waals surface area contributed by atoms with Gasteiger partial charge in [0.15, 0.2) is 0 Å². The van der Waals surface area contributed by atoms with Crippen molar-refractivity contribution in [3.05, 3.63) is 64.2 Å². The Balaban J connectivity index is 2.45. The van der Waals surface area contributed by atoms with Crippen LogP contribution >= 0.6 is 0 Å². The molecule has 11 nitrogen and oxygen atoms in total. The number of nitrogens with zero attached hydrogens (tertiary/aromatic N) is 3. The fourth-order valence-corrected chi connectivity index (χ4v) is 4.23. The monoisotopic (exact) mass is 492 g/mol. The van der Waals surface area contributed by atoms with E-state index in [1.54, 1.807) is 31.2 Å². The number of nitro groups is 1. The number of rotatable bonds is 11. The molecule has 2 rings (SSSR count). The van der Waals surface area contributed by atoms with Crippen LogP contribution < -0.4 is 14.4 Å². The Morgan fingerprint density at radius 2 is 1.82 bits per heavy atom. The van der Waals surface area contributed by atoms with Crippen LogP contribution in [0.5, 0.6) is 5.75 Å². The number of likely N-dealkylation sites (N-methyl/N-ethyl adjacent to an activating group) is 1. The van der Waals surface area contributed by atoms with Crippen molar-refractivity contribution in [3.63, 3.8) is 0 Å². The topological polar surface area (TPSA) is 139 Å².